The number of nitrogens with zero attached hydrogens (tertiary/aromatic N) is 1. The number of aromatic nitrogens is 1. The lowest BCUT2D eigenvalue weighted by atomic mass is 10.2. The molecule has 6 heteroatoms. The number of carbonyl (C=O) groups is 1. The summed E-state index contributed by atoms with van der Waals surface area (Å²) in [6.45, 7) is 2.65. The third-order valence-corrected chi connectivity index (χ3v) is 3.64. The minimum atomic E-state index is -0.387. The molecule has 0 aliphatic heterocycles. The van der Waals surface area contributed by atoms with Crippen molar-refractivity contribution < 1.29 is 13.9 Å². The number of nitrogens with one attached hydrogen (secondary N) is 1. The lowest BCUT2D eigenvalue weighted by molar-refractivity contribution is 0.0600. The van der Waals surface area contributed by atoms with Crippen molar-refractivity contribution in [2.24, 2.45) is 0 Å². The second-order valence-electron chi connectivity index (χ2n) is 4.01. The molecule has 0 aliphatic rings. The molecule has 5 nitrogen and oxygen atoms in total. The minimum absolute atomic E-state index is 0.201. The van der Waals surface area contributed by atoms with Crippen LogP contribution in [0.25, 0.3) is 0 Å². The van der Waals surface area contributed by atoms with Crippen LogP contribution in [-0.2, 0) is 11.3 Å². The van der Waals surface area contributed by atoms with Gasteiger partial charge in [0.1, 0.15) is 17.0 Å². The van der Waals surface area contributed by atoms with Crippen LogP contribution in [0.2, 0.25) is 0 Å². The van der Waals surface area contributed by atoms with Crippen molar-refractivity contribution in [2.45, 2.75) is 25.9 Å². The van der Waals surface area contributed by atoms with E-state index in [1.54, 1.807) is 23.6 Å². The van der Waals surface area contributed by atoms with Crippen LogP contribution in [0, 0.1) is 0 Å². The quantitative estimate of drug-likeness (QED) is 0.824. The first-order chi connectivity index (χ1) is 9.24. The molecule has 1 atom stereocenters. The molecule has 0 aromatic carbocycles. The van der Waals surface area contributed by atoms with Gasteiger partial charge in [-0.1, -0.05) is 6.92 Å². The number of ether oxygens (including phenoxy) is 1. The number of furan rings is 1. The standard InChI is InChI=1S/C13H16N2O3S/c1-3-11(12-14-4-5-19-12)15-7-10-6-9(8-18-10)13(16)17-2/h4-6,8,11,15H,3,7H2,1-2H3. The molecule has 0 spiro atoms. The Hall–Kier alpha value is -1.66. The zero-order chi connectivity index (χ0) is 13.7. The fourth-order valence-electron chi connectivity index (χ4n) is 1.73. The van der Waals surface area contributed by atoms with Gasteiger partial charge in [-0.2, -0.15) is 0 Å². The van der Waals surface area contributed by atoms with Crippen molar-refractivity contribution >= 4 is 17.3 Å². The number of hydrogen-bond acceptors (Lipinski definition) is 6. The van der Waals surface area contributed by atoms with Crippen LogP contribution in [-0.4, -0.2) is 18.1 Å². The Morgan fingerprint density at radius 3 is 3.11 bits per heavy atom. The summed E-state index contributed by atoms with van der Waals surface area (Å²) >= 11 is 1.63. The van der Waals surface area contributed by atoms with E-state index >= 15 is 0 Å². The van der Waals surface area contributed by atoms with Gasteiger partial charge >= 0.3 is 5.97 Å². The topological polar surface area (TPSA) is 64.4 Å². The molecule has 0 saturated heterocycles. The van der Waals surface area contributed by atoms with Gasteiger partial charge in [0.05, 0.1) is 25.3 Å². The molecule has 19 heavy (non-hydrogen) atoms. The lowest BCUT2D eigenvalue weighted by Gasteiger charge is -2.12. The molecule has 1 N–H and O–H groups in total. The summed E-state index contributed by atoms with van der Waals surface area (Å²) in [5.74, 6) is 0.317. The summed E-state index contributed by atoms with van der Waals surface area (Å²) in [6.07, 6.45) is 4.15. The summed E-state index contributed by atoms with van der Waals surface area (Å²) in [4.78, 5) is 15.6. The third-order valence-electron chi connectivity index (χ3n) is 2.76. The van der Waals surface area contributed by atoms with E-state index < -0.39 is 0 Å². The average molecular weight is 280 g/mol. The summed E-state index contributed by atoms with van der Waals surface area (Å²) in [5.41, 5.74) is 0.432. The summed E-state index contributed by atoms with van der Waals surface area (Å²) in [6, 6.07) is 1.89. The summed E-state index contributed by atoms with van der Waals surface area (Å²) in [5, 5.41) is 6.38. The van der Waals surface area contributed by atoms with Gasteiger partial charge < -0.3 is 14.5 Å². The molecule has 0 fully saturated rings. The summed E-state index contributed by atoms with van der Waals surface area (Å²) < 4.78 is 9.95. The Kier molecular flexibility index (Phi) is 4.70. The second-order valence-corrected chi connectivity index (χ2v) is 4.93. The molecule has 2 aromatic heterocycles. The smallest absolute Gasteiger partial charge is 0.341 e. The third kappa shape index (κ3) is 3.42. The Labute approximate surface area is 115 Å². The zero-order valence-corrected chi connectivity index (χ0v) is 11.7. The maximum absolute atomic E-state index is 11.3. The van der Waals surface area contributed by atoms with E-state index in [0.29, 0.717) is 17.9 Å². The molecule has 0 bridgehead atoms. The van der Waals surface area contributed by atoms with Crippen LogP contribution in [0.15, 0.2) is 28.3 Å². The monoisotopic (exact) mass is 280 g/mol. The molecule has 2 aromatic rings. The van der Waals surface area contributed by atoms with Crippen LogP contribution in [0.4, 0.5) is 0 Å². The first-order valence-electron chi connectivity index (χ1n) is 6.03. The highest BCUT2D eigenvalue weighted by Crippen LogP contribution is 2.19. The number of hydrogen-bond donors (Lipinski definition) is 1. The fourth-order valence-corrected chi connectivity index (χ4v) is 2.53. The normalized spacial score (nSPS) is 12.3. The highest BCUT2D eigenvalue weighted by atomic mass is 32.1. The molecule has 1 unspecified atom stereocenters. The SMILES string of the molecule is CCC(NCc1cc(C(=O)OC)co1)c1nccs1. The van der Waals surface area contributed by atoms with E-state index in [4.69, 9.17) is 4.42 Å². The van der Waals surface area contributed by atoms with Crippen molar-refractivity contribution in [3.8, 4) is 0 Å². The Bertz CT molecular complexity index is 522. The number of methoxy groups -OCH3 is 1. The predicted octanol–water partition coefficient (Wildman–Crippen LogP) is 2.76. The van der Waals surface area contributed by atoms with Crippen molar-refractivity contribution in [3.05, 3.63) is 40.2 Å². The van der Waals surface area contributed by atoms with E-state index in [1.807, 2.05) is 5.38 Å². The van der Waals surface area contributed by atoms with Crippen LogP contribution in [0.3, 0.4) is 0 Å². The number of thiazole rings is 1. The van der Waals surface area contributed by atoms with Crippen LogP contribution >= 0.6 is 11.3 Å². The first kappa shape index (κ1) is 13.8. The van der Waals surface area contributed by atoms with E-state index in [-0.39, 0.29) is 12.0 Å². The maximum atomic E-state index is 11.3. The van der Waals surface area contributed by atoms with Gasteiger partial charge in [-0.3, -0.25) is 0 Å². The molecule has 2 rings (SSSR count). The molecule has 0 amide bonds. The molecular weight excluding hydrogens is 264 g/mol. The molecule has 2 heterocycles. The van der Waals surface area contributed by atoms with Crippen LogP contribution < -0.4 is 5.32 Å². The van der Waals surface area contributed by atoms with Crippen molar-refractivity contribution in [1.29, 1.82) is 0 Å². The van der Waals surface area contributed by atoms with Gasteiger partial charge in [-0.05, 0) is 12.5 Å². The van der Waals surface area contributed by atoms with Crippen molar-refractivity contribution in [1.82, 2.24) is 10.3 Å². The number of carbonyl (C=O) groups excluding carboxylic acids is 1. The van der Waals surface area contributed by atoms with E-state index in [9.17, 15) is 4.79 Å². The van der Waals surface area contributed by atoms with E-state index in [0.717, 1.165) is 11.4 Å². The zero-order valence-electron chi connectivity index (χ0n) is 10.9. The van der Waals surface area contributed by atoms with Gasteiger partial charge in [-0.25, -0.2) is 9.78 Å². The van der Waals surface area contributed by atoms with Gasteiger partial charge in [-0.15, -0.1) is 11.3 Å². The van der Waals surface area contributed by atoms with Crippen molar-refractivity contribution in [2.75, 3.05) is 7.11 Å². The highest BCUT2D eigenvalue weighted by molar-refractivity contribution is 7.09. The first-order valence-corrected chi connectivity index (χ1v) is 6.91. The molecule has 0 radical (unpaired) electrons. The number of esters is 1. The van der Waals surface area contributed by atoms with E-state index in [1.165, 1.54) is 13.4 Å². The largest absolute Gasteiger partial charge is 0.467 e. The molecule has 102 valence electrons. The fraction of sp³-hybridized carbons (Fsp3) is 0.385. The van der Waals surface area contributed by atoms with Crippen LogP contribution in [0.1, 0.15) is 40.5 Å². The molecule has 0 aliphatic carbocycles. The van der Waals surface area contributed by atoms with Gasteiger partial charge in [0.15, 0.2) is 0 Å². The second kappa shape index (κ2) is 6.49. The van der Waals surface area contributed by atoms with Gasteiger partial charge in [0.25, 0.3) is 0 Å². The Morgan fingerprint density at radius 1 is 1.63 bits per heavy atom. The molecular formula is C13H16N2O3S. The van der Waals surface area contributed by atoms with Crippen LogP contribution in [0.5, 0.6) is 0 Å². The average Bonchev–Trinajstić information content (AvgIpc) is 3.09. The van der Waals surface area contributed by atoms with Gasteiger partial charge in [0, 0.05) is 11.6 Å². The predicted molar refractivity (Wildman–Crippen MR) is 72.0 cm³/mol. The summed E-state index contributed by atoms with van der Waals surface area (Å²) in [7, 11) is 1.35. The van der Waals surface area contributed by atoms with Crippen molar-refractivity contribution in [3.63, 3.8) is 0 Å². The Balaban J connectivity index is 1.94. The number of rotatable bonds is 6. The lowest BCUT2D eigenvalue weighted by Crippen LogP contribution is -2.19. The maximum Gasteiger partial charge on any atom is 0.341 e. The minimum Gasteiger partial charge on any atom is -0.467 e. The molecule has 0 saturated carbocycles. The van der Waals surface area contributed by atoms with Gasteiger partial charge in [0.2, 0.25) is 0 Å². The highest BCUT2D eigenvalue weighted by Gasteiger charge is 2.14. The van der Waals surface area contributed by atoms with E-state index in [2.05, 4.69) is 22.0 Å². The Morgan fingerprint density at radius 2 is 2.47 bits per heavy atom.